The van der Waals surface area contributed by atoms with Gasteiger partial charge in [-0.25, -0.2) is 0 Å². The molecule has 56 valence electrons. The van der Waals surface area contributed by atoms with Crippen molar-refractivity contribution in [3.63, 3.8) is 0 Å². The van der Waals surface area contributed by atoms with Gasteiger partial charge in [0.25, 0.3) is 0 Å². The quantitative estimate of drug-likeness (QED) is 0.610. The molecule has 0 amide bonds. The molecule has 1 aromatic heterocycles. The van der Waals surface area contributed by atoms with Gasteiger partial charge >= 0.3 is 0 Å². The molecule has 0 aliphatic carbocycles. The van der Waals surface area contributed by atoms with Crippen molar-refractivity contribution in [3.8, 4) is 0 Å². The number of rotatable bonds is 1. The zero-order valence-corrected chi connectivity index (χ0v) is 7.75. The van der Waals surface area contributed by atoms with Crippen LogP contribution < -0.4 is 0 Å². The van der Waals surface area contributed by atoms with Crippen LogP contribution in [0.2, 0.25) is 5.02 Å². The summed E-state index contributed by atoms with van der Waals surface area (Å²) in [5, 5.41) is 5.95. The Kier molecular flexibility index (Phi) is 2.26. The zero-order valence-electron chi connectivity index (χ0n) is 6.18. The third-order valence-electron chi connectivity index (χ3n) is 1.29. The van der Waals surface area contributed by atoms with E-state index in [0.29, 0.717) is 0 Å². The maximum Gasteiger partial charge on any atom is 0.112 e. The molecule has 0 saturated carbocycles. The lowest BCUT2D eigenvalue weighted by atomic mass is 10.5. The molecule has 0 bridgehead atoms. The minimum absolute atomic E-state index is 0.773. The Balaban J connectivity index is 3.20. The van der Waals surface area contributed by atoms with Crippen LogP contribution >= 0.6 is 23.4 Å². The average Bonchev–Trinajstić information content (AvgIpc) is 2.09. The molecule has 0 N–H and O–H groups in total. The Morgan fingerprint density at radius 3 is 2.40 bits per heavy atom. The van der Waals surface area contributed by atoms with Gasteiger partial charge in [-0.3, -0.25) is 4.68 Å². The van der Waals surface area contributed by atoms with Crippen molar-refractivity contribution in [2.24, 2.45) is 7.05 Å². The monoisotopic (exact) mass is 176 g/mol. The van der Waals surface area contributed by atoms with Gasteiger partial charge in [-0.05, 0) is 13.2 Å². The minimum atomic E-state index is 0.773. The first-order valence-corrected chi connectivity index (χ1v) is 4.50. The first kappa shape index (κ1) is 7.95. The molecular formula is C6H9ClN2S. The molecule has 2 nitrogen and oxygen atoms in total. The van der Waals surface area contributed by atoms with Crippen molar-refractivity contribution >= 4 is 23.4 Å². The third kappa shape index (κ3) is 1.16. The second kappa shape index (κ2) is 2.84. The van der Waals surface area contributed by atoms with Crippen molar-refractivity contribution in [2.75, 3.05) is 6.26 Å². The van der Waals surface area contributed by atoms with Gasteiger partial charge in [-0.2, -0.15) is 5.10 Å². The van der Waals surface area contributed by atoms with Crippen LogP contribution in [0.5, 0.6) is 0 Å². The highest BCUT2D eigenvalue weighted by Crippen LogP contribution is 2.26. The van der Waals surface area contributed by atoms with Gasteiger partial charge in [-0.1, -0.05) is 11.6 Å². The Bertz CT molecular complexity index is 244. The summed E-state index contributed by atoms with van der Waals surface area (Å²) >= 11 is 7.52. The Hall–Kier alpha value is -0.150. The van der Waals surface area contributed by atoms with Crippen molar-refractivity contribution in [1.29, 1.82) is 0 Å². The largest absolute Gasteiger partial charge is 0.260 e. The van der Waals surface area contributed by atoms with Crippen LogP contribution in [0.3, 0.4) is 0 Å². The van der Waals surface area contributed by atoms with E-state index in [0.717, 1.165) is 15.7 Å². The molecule has 0 aromatic carbocycles. The molecule has 0 unspecified atom stereocenters. The highest BCUT2D eigenvalue weighted by Gasteiger charge is 2.08. The first-order valence-electron chi connectivity index (χ1n) is 2.90. The predicted molar refractivity (Wildman–Crippen MR) is 44.7 cm³/mol. The van der Waals surface area contributed by atoms with E-state index in [1.807, 2.05) is 20.2 Å². The van der Waals surface area contributed by atoms with Crippen LogP contribution in [0, 0.1) is 6.92 Å². The topological polar surface area (TPSA) is 17.8 Å². The maximum atomic E-state index is 5.91. The lowest BCUT2D eigenvalue weighted by molar-refractivity contribution is 0.693. The predicted octanol–water partition coefficient (Wildman–Crippen LogP) is 2.10. The molecule has 4 heteroatoms. The van der Waals surface area contributed by atoms with E-state index in [1.165, 1.54) is 0 Å². The fourth-order valence-corrected chi connectivity index (χ4v) is 1.86. The second-order valence-corrected chi connectivity index (χ2v) is 3.21. The summed E-state index contributed by atoms with van der Waals surface area (Å²) in [5.74, 6) is 0. The fourth-order valence-electron chi connectivity index (χ4n) is 0.833. The number of nitrogens with zero attached hydrogens (tertiary/aromatic N) is 2. The molecule has 10 heavy (non-hydrogen) atoms. The normalized spacial score (nSPS) is 10.4. The molecule has 0 aliphatic rings. The number of halogens is 1. The molecule has 0 radical (unpaired) electrons. The molecule has 1 aromatic rings. The summed E-state index contributed by atoms with van der Waals surface area (Å²) in [7, 11) is 1.89. The Morgan fingerprint density at radius 1 is 1.60 bits per heavy atom. The van der Waals surface area contributed by atoms with Gasteiger partial charge in [-0.15, -0.1) is 11.8 Å². The van der Waals surface area contributed by atoms with Crippen molar-refractivity contribution in [3.05, 3.63) is 10.7 Å². The van der Waals surface area contributed by atoms with Crippen molar-refractivity contribution in [1.82, 2.24) is 9.78 Å². The van der Waals surface area contributed by atoms with Gasteiger partial charge in [0.05, 0.1) is 10.7 Å². The van der Waals surface area contributed by atoms with Crippen LogP contribution in [0.4, 0.5) is 0 Å². The number of hydrogen-bond acceptors (Lipinski definition) is 2. The molecule has 0 atom stereocenters. The number of thioether (sulfide) groups is 1. The Morgan fingerprint density at radius 2 is 2.20 bits per heavy atom. The molecule has 0 fully saturated rings. The van der Waals surface area contributed by atoms with Gasteiger partial charge < -0.3 is 0 Å². The molecule has 0 spiro atoms. The summed E-state index contributed by atoms with van der Waals surface area (Å²) < 4.78 is 1.79. The van der Waals surface area contributed by atoms with Crippen molar-refractivity contribution in [2.45, 2.75) is 11.9 Å². The second-order valence-electron chi connectivity index (χ2n) is 2.03. The van der Waals surface area contributed by atoms with E-state index < -0.39 is 0 Å². The van der Waals surface area contributed by atoms with E-state index in [4.69, 9.17) is 11.6 Å². The van der Waals surface area contributed by atoms with E-state index >= 15 is 0 Å². The Labute approximate surface area is 69.6 Å². The third-order valence-corrected chi connectivity index (χ3v) is 2.71. The van der Waals surface area contributed by atoms with E-state index in [2.05, 4.69) is 5.10 Å². The van der Waals surface area contributed by atoms with E-state index in [1.54, 1.807) is 16.4 Å². The van der Waals surface area contributed by atoms with E-state index in [9.17, 15) is 0 Å². The molecular weight excluding hydrogens is 168 g/mol. The van der Waals surface area contributed by atoms with Gasteiger partial charge in [0.2, 0.25) is 0 Å². The number of aromatic nitrogens is 2. The van der Waals surface area contributed by atoms with Crippen LogP contribution in [0.25, 0.3) is 0 Å². The molecule has 0 saturated heterocycles. The molecule has 1 heterocycles. The number of aryl methyl sites for hydroxylation is 2. The van der Waals surface area contributed by atoms with Crippen LogP contribution in [-0.2, 0) is 7.05 Å². The van der Waals surface area contributed by atoms with E-state index in [-0.39, 0.29) is 0 Å². The SMILES string of the molecule is CSc1c(Cl)c(C)nn1C. The maximum absolute atomic E-state index is 5.91. The van der Waals surface area contributed by atoms with Crippen LogP contribution in [0.1, 0.15) is 5.69 Å². The number of hydrogen-bond donors (Lipinski definition) is 0. The molecule has 0 aliphatic heterocycles. The minimum Gasteiger partial charge on any atom is -0.260 e. The highest BCUT2D eigenvalue weighted by atomic mass is 35.5. The summed E-state index contributed by atoms with van der Waals surface area (Å²) in [5.41, 5.74) is 0.897. The lowest BCUT2D eigenvalue weighted by Gasteiger charge is -1.94. The average molecular weight is 177 g/mol. The fraction of sp³-hybridized carbons (Fsp3) is 0.500. The highest BCUT2D eigenvalue weighted by molar-refractivity contribution is 7.98. The van der Waals surface area contributed by atoms with Gasteiger partial charge in [0.1, 0.15) is 5.03 Å². The van der Waals surface area contributed by atoms with Gasteiger partial charge in [0.15, 0.2) is 0 Å². The summed E-state index contributed by atoms with van der Waals surface area (Å²) in [6, 6.07) is 0. The molecule has 1 rings (SSSR count). The van der Waals surface area contributed by atoms with Crippen LogP contribution in [-0.4, -0.2) is 16.0 Å². The smallest absolute Gasteiger partial charge is 0.112 e. The standard InChI is InChI=1S/C6H9ClN2S/c1-4-5(7)6(10-3)9(2)8-4/h1-3H3. The zero-order chi connectivity index (χ0) is 7.72. The summed E-state index contributed by atoms with van der Waals surface area (Å²) in [6.07, 6.45) is 1.99. The summed E-state index contributed by atoms with van der Waals surface area (Å²) in [6.45, 7) is 1.90. The summed E-state index contributed by atoms with van der Waals surface area (Å²) in [4.78, 5) is 0. The lowest BCUT2D eigenvalue weighted by Crippen LogP contribution is -1.91. The van der Waals surface area contributed by atoms with Gasteiger partial charge in [0, 0.05) is 7.05 Å². The van der Waals surface area contributed by atoms with Crippen molar-refractivity contribution < 1.29 is 0 Å². The first-order chi connectivity index (χ1) is 4.66. The van der Waals surface area contributed by atoms with Crippen LogP contribution in [0.15, 0.2) is 5.03 Å².